The number of esters is 1. The van der Waals surface area contributed by atoms with Crippen molar-refractivity contribution in [2.24, 2.45) is 0 Å². The Morgan fingerprint density at radius 2 is 1.89 bits per heavy atom. The van der Waals surface area contributed by atoms with Gasteiger partial charge in [-0.1, -0.05) is 11.6 Å². The summed E-state index contributed by atoms with van der Waals surface area (Å²) in [5.74, 6) is -2.02. The number of rotatable bonds is 8. The Hall–Kier alpha value is -2.17. The standard InChI is InChI=1S/C16H22ClN3O6S/c1-5-18-15(22)10(2)19-14(21)9-26-16(23)12-8-11(6-7-13(12)17)27(24,25)20(3)4/h6-8,10H,5,9H2,1-4H3,(H,18,22)(H,19,21)/t10-/m0/s1. The number of nitrogens with one attached hydrogen (secondary N) is 2. The van der Waals surface area contributed by atoms with Gasteiger partial charge in [-0.3, -0.25) is 9.59 Å². The number of sulfonamides is 1. The third-order valence-corrected chi connectivity index (χ3v) is 5.53. The van der Waals surface area contributed by atoms with E-state index in [1.807, 2.05) is 0 Å². The van der Waals surface area contributed by atoms with E-state index in [2.05, 4.69) is 10.6 Å². The first-order valence-corrected chi connectivity index (χ1v) is 9.78. The monoisotopic (exact) mass is 419 g/mol. The highest BCUT2D eigenvalue weighted by Gasteiger charge is 2.22. The number of benzene rings is 1. The van der Waals surface area contributed by atoms with Gasteiger partial charge in [-0.2, -0.15) is 0 Å². The lowest BCUT2D eigenvalue weighted by Gasteiger charge is -2.14. The average molecular weight is 420 g/mol. The molecule has 1 aromatic carbocycles. The van der Waals surface area contributed by atoms with Crippen molar-refractivity contribution in [2.75, 3.05) is 27.2 Å². The summed E-state index contributed by atoms with van der Waals surface area (Å²) in [4.78, 5) is 35.4. The highest BCUT2D eigenvalue weighted by molar-refractivity contribution is 7.89. The molecule has 150 valence electrons. The van der Waals surface area contributed by atoms with Gasteiger partial charge in [-0.05, 0) is 32.0 Å². The number of carbonyl (C=O) groups is 3. The lowest BCUT2D eigenvalue weighted by Crippen LogP contribution is -2.46. The van der Waals surface area contributed by atoms with Crippen molar-refractivity contribution in [2.45, 2.75) is 24.8 Å². The molecule has 1 atom stereocenters. The van der Waals surface area contributed by atoms with Crippen molar-refractivity contribution in [1.82, 2.24) is 14.9 Å². The molecule has 27 heavy (non-hydrogen) atoms. The number of carbonyl (C=O) groups excluding carboxylic acids is 3. The molecule has 0 fully saturated rings. The van der Waals surface area contributed by atoms with E-state index in [-0.39, 0.29) is 21.4 Å². The molecular formula is C16H22ClN3O6S. The van der Waals surface area contributed by atoms with Crippen LogP contribution in [0.1, 0.15) is 24.2 Å². The summed E-state index contributed by atoms with van der Waals surface area (Å²) in [5.41, 5.74) is -0.191. The molecule has 2 amide bonds. The predicted molar refractivity (Wildman–Crippen MR) is 98.9 cm³/mol. The van der Waals surface area contributed by atoms with Crippen LogP contribution in [0.15, 0.2) is 23.1 Å². The molecule has 0 aliphatic rings. The minimum absolute atomic E-state index is 0.0196. The maximum Gasteiger partial charge on any atom is 0.340 e. The summed E-state index contributed by atoms with van der Waals surface area (Å²) >= 11 is 5.93. The number of likely N-dealkylation sites (N-methyl/N-ethyl adjacent to an activating group) is 1. The van der Waals surface area contributed by atoms with Crippen LogP contribution in [-0.2, 0) is 24.3 Å². The summed E-state index contributed by atoms with van der Waals surface area (Å²) in [7, 11) is -1.07. The fourth-order valence-electron chi connectivity index (χ4n) is 1.92. The van der Waals surface area contributed by atoms with E-state index in [1.54, 1.807) is 6.92 Å². The Labute approximate surface area is 163 Å². The third-order valence-electron chi connectivity index (χ3n) is 3.39. The molecule has 0 saturated heterocycles. The van der Waals surface area contributed by atoms with Gasteiger partial charge >= 0.3 is 5.97 Å². The van der Waals surface area contributed by atoms with Crippen LogP contribution in [-0.4, -0.2) is 63.8 Å². The first kappa shape index (κ1) is 22.9. The maximum absolute atomic E-state index is 12.2. The number of nitrogens with zero attached hydrogens (tertiary/aromatic N) is 1. The SMILES string of the molecule is CCNC(=O)[C@H](C)NC(=O)COC(=O)c1cc(S(=O)(=O)N(C)C)ccc1Cl. The van der Waals surface area contributed by atoms with Gasteiger partial charge in [0.15, 0.2) is 6.61 Å². The molecule has 0 heterocycles. The molecular weight excluding hydrogens is 398 g/mol. The Morgan fingerprint density at radius 1 is 1.26 bits per heavy atom. The molecule has 11 heteroatoms. The third kappa shape index (κ3) is 6.19. The normalized spacial score (nSPS) is 12.4. The van der Waals surface area contributed by atoms with Crippen molar-refractivity contribution in [1.29, 1.82) is 0 Å². The van der Waals surface area contributed by atoms with Crippen molar-refractivity contribution in [3.8, 4) is 0 Å². The molecule has 9 nitrogen and oxygen atoms in total. The van der Waals surface area contributed by atoms with Gasteiger partial charge < -0.3 is 15.4 Å². The molecule has 0 radical (unpaired) electrons. The molecule has 1 aromatic rings. The second-order valence-electron chi connectivity index (χ2n) is 5.69. The summed E-state index contributed by atoms with van der Waals surface area (Å²) in [6, 6.07) is 2.80. The van der Waals surface area contributed by atoms with Crippen LogP contribution in [0, 0.1) is 0 Å². The average Bonchev–Trinajstić information content (AvgIpc) is 2.59. The van der Waals surface area contributed by atoms with Crippen LogP contribution in [0.25, 0.3) is 0 Å². The second-order valence-corrected chi connectivity index (χ2v) is 8.25. The van der Waals surface area contributed by atoms with Gasteiger partial charge in [0.25, 0.3) is 5.91 Å². The smallest absolute Gasteiger partial charge is 0.340 e. The summed E-state index contributed by atoms with van der Waals surface area (Å²) in [5, 5.41) is 4.89. The Balaban J connectivity index is 2.81. The Morgan fingerprint density at radius 3 is 2.44 bits per heavy atom. The van der Waals surface area contributed by atoms with Crippen molar-refractivity contribution in [3.63, 3.8) is 0 Å². The minimum Gasteiger partial charge on any atom is -0.452 e. The molecule has 0 spiro atoms. The largest absolute Gasteiger partial charge is 0.452 e. The van der Waals surface area contributed by atoms with Gasteiger partial charge in [0, 0.05) is 20.6 Å². The van der Waals surface area contributed by atoms with Crippen LogP contribution in [0.2, 0.25) is 5.02 Å². The molecule has 0 unspecified atom stereocenters. The highest BCUT2D eigenvalue weighted by atomic mass is 35.5. The molecule has 0 saturated carbocycles. The summed E-state index contributed by atoms with van der Waals surface area (Å²) in [6.07, 6.45) is 0. The van der Waals surface area contributed by atoms with Gasteiger partial charge in [0.2, 0.25) is 15.9 Å². The molecule has 0 aromatic heterocycles. The Kier molecular flexibility index (Phi) is 8.20. The Bertz CT molecular complexity index is 825. The summed E-state index contributed by atoms with van der Waals surface area (Å²) in [6.45, 7) is 2.99. The summed E-state index contributed by atoms with van der Waals surface area (Å²) < 4.78 is 30.2. The van der Waals surface area contributed by atoms with E-state index in [0.29, 0.717) is 6.54 Å². The van der Waals surface area contributed by atoms with E-state index in [9.17, 15) is 22.8 Å². The van der Waals surface area contributed by atoms with E-state index >= 15 is 0 Å². The van der Waals surface area contributed by atoms with E-state index < -0.39 is 34.5 Å². The van der Waals surface area contributed by atoms with Crippen molar-refractivity contribution < 1.29 is 27.5 Å². The number of hydrogen-bond donors (Lipinski definition) is 2. The number of hydrogen-bond acceptors (Lipinski definition) is 6. The highest BCUT2D eigenvalue weighted by Crippen LogP contribution is 2.22. The van der Waals surface area contributed by atoms with Crippen LogP contribution in [0.4, 0.5) is 0 Å². The van der Waals surface area contributed by atoms with Crippen LogP contribution < -0.4 is 10.6 Å². The van der Waals surface area contributed by atoms with Gasteiger partial charge in [0.05, 0.1) is 15.5 Å². The van der Waals surface area contributed by atoms with Gasteiger partial charge in [-0.15, -0.1) is 0 Å². The maximum atomic E-state index is 12.2. The quantitative estimate of drug-likeness (QED) is 0.588. The number of amides is 2. The van der Waals surface area contributed by atoms with Crippen molar-refractivity contribution in [3.05, 3.63) is 28.8 Å². The van der Waals surface area contributed by atoms with Crippen molar-refractivity contribution >= 4 is 39.4 Å². The van der Waals surface area contributed by atoms with E-state index in [1.165, 1.54) is 33.2 Å². The lowest BCUT2D eigenvalue weighted by molar-refractivity contribution is -0.130. The first-order chi connectivity index (χ1) is 12.5. The van der Waals surface area contributed by atoms with E-state index in [4.69, 9.17) is 16.3 Å². The predicted octanol–water partition coefficient (Wildman–Crippen LogP) is 0.388. The fraction of sp³-hybridized carbons (Fsp3) is 0.438. The second kappa shape index (κ2) is 9.67. The van der Waals surface area contributed by atoms with Gasteiger partial charge in [-0.25, -0.2) is 17.5 Å². The fourth-order valence-corrected chi connectivity index (χ4v) is 3.04. The van der Waals surface area contributed by atoms with E-state index in [0.717, 1.165) is 10.4 Å². The zero-order valence-corrected chi connectivity index (χ0v) is 17.0. The van der Waals surface area contributed by atoms with Gasteiger partial charge in [0.1, 0.15) is 6.04 Å². The lowest BCUT2D eigenvalue weighted by atomic mass is 10.2. The first-order valence-electron chi connectivity index (χ1n) is 7.97. The molecule has 1 rings (SSSR count). The topological polar surface area (TPSA) is 122 Å². The zero-order chi connectivity index (χ0) is 20.8. The van der Waals surface area contributed by atoms with Crippen LogP contribution in [0.5, 0.6) is 0 Å². The number of ether oxygens (including phenoxy) is 1. The molecule has 2 N–H and O–H groups in total. The van der Waals surface area contributed by atoms with Crippen LogP contribution >= 0.6 is 11.6 Å². The van der Waals surface area contributed by atoms with Crippen LogP contribution in [0.3, 0.4) is 0 Å². The minimum atomic E-state index is -3.77. The molecule has 0 bridgehead atoms. The number of halogens is 1. The molecule has 0 aliphatic heterocycles. The zero-order valence-electron chi connectivity index (χ0n) is 15.4. The molecule has 0 aliphatic carbocycles.